The fourth-order valence-electron chi connectivity index (χ4n) is 4.98. The van der Waals surface area contributed by atoms with Crippen LogP contribution in [0.5, 0.6) is 5.75 Å². The van der Waals surface area contributed by atoms with Crippen LogP contribution in [-0.4, -0.2) is 52.2 Å². The number of carbonyl (C=O) groups is 1. The molecular weight excluding hydrogens is 414 g/mol. The second kappa shape index (κ2) is 10.2. The summed E-state index contributed by atoms with van der Waals surface area (Å²) in [5.41, 5.74) is 2.94. The second-order valence-corrected chi connectivity index (χ2v) is 10.5. The number of fused-ring (bicyclic) bond motifs is 1. The van der Waals surface area contributed by atoms with Crippen LogP contribution < -0.4 is 10.1 Å². The molecule has 6 heteroatoms. The summed E-state index contributed by atoms with van der Waals surface area (Å²) in [6.45, 7) is 8.59. The van der Waals surface area contributed by atoms with Crippen LogP contribution >= 0.6 is 0 Å². The number of likely N-dealkylation sites (tertiary alicyclic amines) is 1. The maximum absolute atomic E-state index is 13.0. The van der Waals surface area contributed by atoms with Crippen LogP contribution in [0.3, 0.4) is 0 Å². The fourth-order valence-corrected chi connectivity index (χ4v) is 4.98. The molecule has 1 amide bonds. The van der Waals surface area contributed by atoms with Gasteiger partial charge in [0, 0.05) is 13.0 Å². The molecule has 178 valence electrons. The SMILES string of the molecule is CC(C)(C)Oc1ccc([C@@H](O)[C@@H](CN2CCCC2)NC(=O)CC2Cc3ccccc3C2)nc1. The first-order chi connectivity index (χ1) is 15.8. The van der Waals surface area contributed by atoms with Crippen molar-refractivity contribution in [1.29, 1.82) is 0 Å². The molecule has 1 aliphatic carbocycles. The highest BCUT2D eigenvalue weighted by Crippen LogP contribution is 2.29. The molecule has 1 aliphatic heterocycles. The minimum atomic E-state index is -0.876. The van der Waals surface area contributed by atoms with E-state index in [0.29, 0.717) is 30.3 Å². The summed E-state index contributed by atoms with van der Waals surface area (Å²) in [4.78, 5) is 19.8. The van der Waals surface area contributed by atoms with Crippen LogP contribution in [-0.2, 0) is 17.6 Å². The average Bonchev–Trinajstić information content (AvgIpc) is 3.41. The third-order valence-corrected chi connectivity index (χ3v) is 6.48. The van der Waals surface area contributed by atoms with E-state index in [1.165, 1.54) is 11.1 Å². The van der Waals surface area contributed by atoms with E-state index in [4.69, 9.17) is 4.74 Å². The maximum atomic E-state index is 13.0. The Morgan fingerprint density at radius 1 is 1.15 bits per heavy atom. The molecule has 1 fully saturated rings. The first-order valence-corrected chi connectivity index (χ1v) is 12.2. The van der Waals surface area contributed by atoms with Crippen molar-refractivity contribution in [3.8, 4) is 5.75 Å². The van der Waals surface area contributed by atoms with Gasteiger partial charge in [0.2, 0.25) is 5.91 Å². The van der Waals surface area contributed by atoms with Gasteiger partial charge in [-0.05, 0) is 88.7 Å². The molecule has 2 aliphatic rings. The van der Waals surface area contributed by atoms with Crippen molar-refractivity contribution in [3.05, 3.63) is 59.4 Å². The van der Waals surface area contributed by atoms with Crippen molar-refractivity contribution >= 4 is 5.91 Å². The minimum absolute atomic E-state index is 0.00346. The lowest BCUT2D eigenvalue weighted by molar-refractivity contribution is -0.123. The quantitative estimate of drug-likeness (QED) is 0.641. The number of amides is 1. The number of aromatic nitrogens is 1. The lowest BCUT2D eigenvalue weighted by atomic mass is 10.0. The van der Waals surface area contributed by atoms with Crippen LogP contribution in [0.1, 0.15) is 63.0 Å². The number of hydrogen-bond donors (Lipinski definition) is 2. The first-order valence-electron chi connectivity index (χ1n) is 12.2. The Balaban J connectivity index is 1.40. The van der Waals surface area contributed by atoms with E-state index in [0.717, 1.165) is 38.8 Å². The average molecular weight is 452 g/mol. The number of ether oxygens (including phenoxy) is 1. The van der Waals surface area contributed by atoms with Gasteiger partial charge in [-0.15, -0.1) is 0 Å². The molecule has 2 N–H and O–H groups in total. The molecule has 0 spiro atoms. The summed E-state index contributed by atoms with van der Waals surface area (Å²) < 4.78 is 5.85. The van der Waals surface area contributed by atoms with Crippen molar-refractivity contribution < 1.29 is 14.6 Å². The van der Waals surface area contributed by atoms with Gasteiger partial charge in [0.25, 0.3) is 0 Å². The number of nitrogens with zero attached hydrogens (tertiary/aromatic N) is 2. The van der Waals surface area contributed by atoms with Crippen LogP contribution in [0.25, 0.3) is 0 Å². The Labute approximate surface area is 197 Å². The van der Waals surface area contributed by atoms with Crippen LogP contribution in [0.15, 0.2) is 42.6 Å². The molecule has 2 aromatic rings. The molecule has 0 saturated carbocycles. The van der Waals surface area contributed by atoms with Crippen molar-refractivity contribution in [2.75, 3.05) is 19.6 Å². The van der Waals surface area contributed by atoms with E-state index < -0.39 is 12.1 Å². The van der Waals surface area contributed by atoms with E-state index in [2.05, 4.69) is 39.5 Å². The van der Waals surface area contributed by atoms with E-state index in [9.17, 15) is 9.90 Å². The van der Waals surface area contributed by atoms with E-state index >= 15 is 0 Å². The molecule has 6 nitrogen and oxygen atoms in total. The molecule has 4 rings (SSSR count). The van der Waals surface area contributed by atoms with E-state index in [1.807, 2.05) is 26.8 Å². The Kier molecular flexibility index (Phi) is 7.35. The summed E-state index contributed by atoms with van der Waals surface area (Å²) in [5, 5.41) is 14.3. The molecule has 0 bridgehead atoms. The monoisotopic (exact) mass is 451 g/mol. The minimum Gasteiger partial charge on any atom is -0.487 e. The number of pyridine rings is 1. The molecular formula is C27H37N3O3. The van der Waals surface area contributed by atoms with Crippen LogP contribution in [0.2, 0.25) is 0 Å². The summed E-state index contributed by atoms with van der Waals surface area (Å²) in [7, 11) is 0. The topological polar surface area (TPSA) is 74.7 Å². The second-order valence-electron chi connectivity index (χ2n) is 10.5. The third-order valence-electron chi connectivity index (χ3n) is 6.48. The van der Waals surface area contributed by atoms with Gasteiger partial charge in [0.1, 0.15) is 17.5 Å². The number of hydrogen-bond acceptors (Lipinski definition) is 5. The van der Waals surface area contributed by atoms with Crippen molar-refractivity contribution in [1.82, 2.24) is 15.2 Å². The fraction of sp³-hybridized carbons (Fsp3) is 0.556. The van der Waals surface area contributed by atoms with E-state index in [-0.39, 0.29) is 11.5 Å². The normalized spacial score (nSPS) is 18.7. The summed E-state index contributed by atoms with van der Waals surface area (Å²) in [6, 6.07) is 11.7. The Bertz CT molecular complexity index is 907. The van der Waals surface area contributed by atoms with Crippen molar-refractivity contribution in [3.63, 3.8) is 0 Å². The van der Waals surface area contributed by atoms with Crippen LogP contribution in [0, 0.1) is 5.92 Å². The predicted octanol–water partition coefficient (Wildman–Crippen LogP) is 3.68. The molecule has 1 aromatic heterocycles. The number of aliphatic hydroxyl groups is 1. The highest BCUT2D eigenvalue weighted by molar-refractivity contribution is 5.77. The molecule has 2 atom stereocenters. The number of carbonyl (C=O) groups excluding carboxylic acids is 1. The Hall–Kier alpha value is -2.44. The van der Waals surface area contributed by atoms with Gasteiger partial charge in [-0.3, -0.25) is 9.78 Å². The molecule has 33 heavy (non-hydrogen) atoms. The van der Waals surface area contributed by atoms with Gasteiger partial charge in [0.05, 0.1) is 17.9 Å². The zero-order chi connectivity index (χ0) is 23.4. The highest BCUT2D eigenvalue weighted by Gasteiger charge is 2.29. The van der Waals surface area contributed by atoms with Gasteiger partial charge in [0.15, 0.2) is 0 Å². The number of benzene rings is 1. The lowest BCUT2D eigenvalue weighted by Crippen LogP contribution is -2.47. The first kappa shape index (κ1) is 23.7. The summed E-state index contributed by atoms with van der Waals surface area (Å²) >= 11 is 0. The zero-order valence-corrected chi connectivity index (χ0v) is 20.1. The number of aliphatic hydroxyl groups excluding tert-OH is 1. The number of nitrogens with one attached hydrogen (secondary N) is 1. The molecule has 1 saturated heterocycles. The van der Waals surface area contributed by atoms with Crippen LogP contribution in [0.4, 0.5) is 0 Å². The Morgan fingerprint density at radius 3 is 2.39 bits per heavy atom. The Morgan fingerprint density at radius 2 is 1.82 bits per heavy atom. The summed E-state index contributed by atoms with van der Waals surface area (Å²) in [6.07, 6.45) is 5.46. The third kappa shape index (κ3) is 6.55. The lowest BCUT2D eigenvalue weighted by Gasteiger charge is -2.29. The standard InChI is InChI=1S/C27H37N3O3/c1-27(2,3)33-22-10-11-23(28-17-22)26(32)24(18-30-12-6-7-13-30)29-25(31)16-19-14-20-8-4-5-9-21(20)15-19/h4-5,8-11,17,19,24,26,32H,6-7,12-16,18H2,1-3H3,(H,29,31)/t24-,26-/m1/s1. The smallest absolute Gasteiger partial charge is 0.220 e. The molecule has 0 radical (unpaired) electrons. The molecule has 1 aromatic carbocycles. The van der Waals surface area contributed by atoms with Crippen molar-refractivity contribution in [2.45, 2.75) is 70.6 Å². The van der Waals surface area contributed by atoms with Gasteiger partial charge in [-0.1, -0.05) is 24.3 Å². The van der Waals surface area contributed by atoms with Gasteiger partial charge < -0.3 is 20.1 Å². The van der Waals surface area contributed by atoms with Gasteiger partial charge in [-0.25, -0.2) is 0 Å². The molecule has 0 unspecified atom stereocenters. The van der Waals surface area contributed by atoms with E-state index in [1.54, 1.807) is 12.3 Å². The maximum Gasteiger partial charge on any atom is 0.220 e. The largest absolute Gasteiger partial charge is 0.487 e. The zero-order valence-electron chi connectivity index (χ0n) is 20.1. The van der Waals surface area contributed by atoms with Gasteiger partial charge >= 0.3 is 0 Å². The molecule has 2 heterocycles. The predicted molar refractivity (Wildman–Crippen MR) is 129 cm³/mol. The number of rotatable bonds is 8. The van der Waals surface area contributed by atoms with Gasteiger partial charge in [-0.2, -0.15) is 0 Å². The summed E-state index contributed by atoms with van der Waals surface area (Å²) in [5.74, 6) is 0.988. The highest BCUT2D eigenvalue weighted by atomic mass is 16.5. The van der Waals surface area contributed by atoms with Crippen molar-refractivity contribution in [2.24, 2.45) is 5.92 Å².